The van der Waals surface area contributed by atoms with Gasteiger partial charge < -0.3 is 34.6 Å². The molecule has 1 unspecified atom stereocenters. The molecule has 0 aliphatic heterocycles. The van der Waals surface area contributed by atoms with E-state index in [1.54, 1.807) is 13.8 Å². The first-order valence-corrected chi connectivity index (χ1v) is 8.80. The third-order valence-electron chi connectivity index (χ3n) is 2.92. The molecule has 11 nitrogen and oxygen atoms in total. The van der Waals surface area contributed by atoms with Crippen LogP contribution >= 0.6 is 11.6 Å². The Hall–Kier alpha value is -2.37. The third-order valence-corrected chi connectivity index (χ3v) is 3.35. The van der Waals surface area contributed by atoms with Crippen molar-refractivity contribution >= 4 is 35.3 Å². The number of nitrogens with two attached hydrogens (primary N) is 1. The molecule has 0 fully saturated rings. The molecule has 3 N–H and O–H groups in total. The first-order chi connectivity index (χ1) is 13.3. The molecule has 28 heavy (non-hydrogen) atoms. The zero-order valence-corrected chi connectivity index (χ0v) is 16.7. The number of hydrogen-bond acceptors (Lipinski definition) is 10. The Labute approximate surface area is 167 Å². The molecule has 0 radical (unpaired) electrons. The third kappa shape index (κ3) is 9.02. The Morgan fingerprint density at radius 1 is 1.18 bits per heavy atom. The van der Waals surface area contributed by atoms with Crippen molar-refractivity contribution in [1.82, 2.24) is 0 Å². The maximum absolute atomic E-state index is 11.9. The summed E-state index contributed by atoms with van der Waals surface area (Å²) in [5.41, 5.74) is 4.21. The van der Waals surface area contributed by atoms with Crippen molar-refractivity contribution < 1.29 is 43.3 Å². The van der Waals surface area contributed by atoms with Gasteiger partial charge in [0.2, 0.25) is 5.76 Å². The fraction of sp³-hybridized carbons (Fsp3) is 0.625. The van der Waals surface area contributed by atoms with E-state index in [0.29, 0.717) is 0 Å². The molecule has 0 heterocycles. The van der Waals surface area contributed by atoms with Crippen LogP contribution in [0.2, 0.25) is 0 Å². The minimum absolute atomic E-state index is 0.0131. The molecule has 12 heteroatoms. The summed E-state index contributed by atoms with van der Waals surface area (Å²) in [4.78, 5) is 39.5. The van der Waals surface area contributed by atoms with Gasteiger partial charge in [0.15, 0.2) is 11.4 Å². The van der Waals surface area contributed by atoms with E-state index in [1.807, 2.05) is 0 Å². The van der Waals surface area contributed by atoms with E-state index < -0.39 is 41.7 Å². The van der Waals surface area contributed by atoms with Gasteiger partial charge in [-0.05, 0) is 13.8 Å². The van der Waals surface area contributed by atoms with Crippen molar-refractivity contribution in [3.8, 4) is 0 Å². The number of ether oxygens (including phenoxy) is 4. The number of aliphatic hydroxyl groups excluding tert-OH is 1. The van der Waals surface area contributed by atoms with Crippen molar-refractivity contribution in [2.24, 2.45) is 10.9 Å². The summed E-state index contributed by atoms with van der Waals surface area (Å²) in [6.07, 6.45) is 0.737. The van der Waals surface area contributed by atoms with Crippen LogP contribution in [0, 0.1) is 0 Å². The summed E-state index contributed by atoms with van der Waals surface area (Å²) in [5.74, 6) is -3.81. The molecular weight excluding hydrogens is 400 g/mol. The van der Waals surface area contributed by atoms with E-state index in [1.165, 1.54) is 0 Å². The molecule has 0 aromatic rings. The number of esters is 3. The SMILES string of the molecule is CCOC(=O)C=C(ON=C(N)C(CCl)(COC(C)=O)OCCO)C(=O)OCC. The first kappa shape index (κ1) is 25.6. The van der Waals surface area contributed by atoms with E-state index in [9.17, 15) is 14.4 Å². The van der Waals surface area contributed by atoms with Crippen molar-refractivity contribution in [2.45, 2.75) is 26.4 Å². The second-order valence-electron chi connectivity index (χ2n) is 5.03. The zero-order valence-electron chi connectivity index (χ0n) is 15.9. The Balaban J connectivity index is 5.65. The van der Waals surface area contributed by atoms with Crippen LogP contribution in [0.15, 0.2) is 17.0 Å². The van der Waals surface area contributed by atoms with Gasteiger partial charge in [0.1, 0.15) is 6.61 Å². The normalized spacial score (nSPS) is 14.0. The predicted molar refractivity (Wildman–Crippen MR) is 97.2 cm³/mol. The summed E-state index contributed by atoms with van der Waals surface area (Å²) in [6.45, 7) is 3.38. The fourth-order valence-electron chi connectivity index (χ4n) is 1.59. The number of amidine groups is 1. The second-order valence-corrected chi connectivity index (χ2v) is 5.30. The number of oxime groups is 1. The van der Waals surface area contributed by atoms with Gasteiger partial charge >= 0.3 is 17.9 Å². The number of carbonyl (C=O) groups is 3. The molecule has 0 spiro atoms. The summed E-state index contributed by atoms with van der Waals surface area (Å²) < 4.78 is 19.7. The lowest BCUT2D eigenvalue weighted by Crippen LogP contribution is -2.53. The van der Waals surface area contributed by atoms with E-state index in [4.69, 9.17) is 46.2 Å². The fourth-order valence-corrected chi connectivity index (χ4v) is 1.88. The van der Waals surface area contributed by atoms with E-state index >= 15 is 0 Å². The minimum Gasteiger partial charge on any atom is -0.463 e. The molecule has 0 bridgehead atoms. The topological polar surface area (TPSA) is 156 Å². The summed E-state index contributed by atoms with van der Waals surface area (Å²) in [7, 11) is 0. The molecule has 0 aromatic carbocycles. The molecule has 0 aromatic heterocycles. The van der Waals surface area contributed by atoms with Crippen LogP contribution in [0.3, 0.4) is 0 Å². The highest BCUT2D eigenvalue weighted by Gasteiger charge is 2.38. The minimum atomic E-state index is -1.64. The van der Waals surface area contributed by atoms with Crippen LogP contribution in [0.4, 0.5) is 0 Å². The molecular formula is C16H25ClN2O9. The lowest BCUT2D eigenvalue weighted by Gasteiger charge is -2.29. The van der Waals surface area contributed by atoms with Gasteiger partial charge in [0.05, 0.1) is 38.4 Å². The van der Waals surface area contributed by atoms with Gasteiger partial charge in [0, 0.05) is 6.92 Å². The van der Waals surface area contributed by atoms with Crippen molar-refractivity contribution in [3.63, 3.8) is 0 Å². The second kappa shape index (κ2) is 13.7. The van der Waals surface area contributed by atoms with Gasteiger partial charge in [-0.25, -0.2) is 9.59 Å². The van der Waals surface area contributed by atoms with Crippen LogP contribution in [0.5, 0.6) is 0 Å². The average molecular weight is 425 g/mol. The lowest BCUT2D eigenvalue weighted by molar-refractivity contribution is -0.147. The Bertz CT molecular complexity index is 595. The summed E-state index contributed by atoms with van der Waals surface area (Å²) in [6, 6.07) is 0. The highest BCUT2D eigenvalue weighted by atomic mass is 35.5. The monoisotopic (exact) mass is 424 g/mol. The quantitative estimate of drug-likeness (QED) is 0.0594. The van der Waals surface area contributed by atoms with Crippen LogP contribution in [-0.2, 0) is 38.2 Å². The van der Waals surface area contributed by atoms with Crippen LogP contribution in [-0.4, -0.2) is 73.4 Å². The Morgan fingerprint density at radius 3 is 2.32 bits per heavy atom. The number of aliphatic hydroxyl groups is 1. The molecule has 0 aliphatic rings. The van der Waals surface area contributed by atoms with Crippen molar-refractivity contribution in [3.05, 3.63) is 11.8 Å². The Kier molecular flexibility index (Phi) is 12.6. The molecule has 0 rings (SSSR count). The standard InChI is InChI=1S/C16H25ClN2O9/c1-4-24-13(22)8-12(14(23)25-5-2)28-19-15(18)16(9-17,27-7-6-20)10-26-11(3)21/h8,20H,4-7,9-10H2,1-3H3,(H2,18,19). The first-order valence-electron chi connectivity index (χ1n) is 8.26. The lowest BCUT2D eigenvalue weighted by atomic mass is 10.1. The van der Waals surface area contributed by atoms with E-state index in [0.717, 1.165) is 13.0 Å². The van der Waals surface area contributed by atoms with Crippen LogP contribution < -0.4 is 5.73 Å². The largest absolute Gasteiger partial charge is 0.463 e. The maximum atomic E-state index is 11.9. The van der Waals surface area contributed by atoms with Crippen LogP contribution in [0.1, 0.15) is 20.8 Å². The predicted octanol–water partition coefficient (Wildman–Crippen LogP) is -0.165. The van der Waals surface area contributed by atoms with Gasteiger partial charge in [0.25, 0.3) is 0 Å². The maximum Gasteiger partial charge on any atom is 0.377 e. The van der Waals surface area contributed by atoms with Gasteiger partial charge in [-0.1, -0.05) is 5.16 Å². The van der Waals surface area contributed by atoms with Gasteiger partial charge in [-0.15, -0.1) is 11.6 Å². The number of carbonyl (C=O) groups excluding carboxylic acids is 3. The molecule has 0 aliphatic carbocycles. The van der Waals surface area contributed by atoms with Crippen LogP contribution in [0.25, 0.3) is 0 Å². The molecule has 0 saturated carbocycles. The van der Waals surface area contributed by atoms with E-state index in [2.05, 4.69) is 5.16 Å². The number of hydrogen-bond donors (Lipinski definition) is 2. The highest BCUT2D eigenvalue weighted by molar-refractivity contribution is 6.20. The summed E-state index contributed by atoms with van der Waals surface area (Å²) in [5, 5.41) is 12.5. The van der Waals surface area contributed by atoms with Gasteiger partial charge in [-0.3, -0.25) is 4.79 Å². The summed E-state index contributed by atoms with van der Waals surface area (Å²) >= 11 is 5.90. The number of halogens is 1. The Morgan fingerprint density at radius 2 is 1.82 bits per heavy atom. The zero-order chi connectivity index (χ0) is 21.6. The van der Waals surface area contributed by atoms with E-state index in [-0.39, 0.29) is 32.3 Å². The molecule has 1 atom stereocenters. The van der Waals surface area contributed by atoms with Crippen molar-refractivity contribution in [2.75, 3.05) is 38.9 Å². The molecule has 0 saturated heterocycles. The average Bonchev–Trinajstić information content (AvgIpc) is 2.65. The number of alkyl halides is 1. The number of nitrogens with zero attached hydrogens (tertiary/aromatic N) is 1. The smallest absolute Gasteiger partial charge is 0.377 e. The molecule has 160 valence electrons. The highest BCUT2D eigenvalue weighted by Crippen LogP contribution is 2.17. The molecule has 0 amide bonds. The van der Waals surface area contributed by atoms with Crippen molar-refractivity contribution in [1.29, 1.82) is 0 Å². The number of rotatable bonds is 13. The van der Waals surface area contributed by atoms with Gasteiger partial charge in [-0.2, -0.15) is 0 Å².